The highest BCUT2D eigenvalue weighted by Gasteiger charge is 2.15. The zero-order valence-corrected chi connectivity index (χ0v) is 11.7. The molecule has 2 N–H and O–H groups in total. The summed E-state index contributed by atoms with van der Waals surface area (Å²) in [7, 11) is 0. The molecular formula is C17H15N3O. The van der Waals surface area contributed by atoms with Gasteiger partial charge >= 0.3 is 0 Å². The lowest BCUT2D eigenvalue weighted by molar-refractivity contribution is 0.0996. The van der Waals surface area contributed by atoms with Crippen molar-refractivity contribution in [1.29, 1.82) is 0 Å². The van der Waals surface area contributed by atoms with Crippen LogP contribution in [-0.2, 0) is 6.42 Å². The van der Waals surface area contributed by atoms with Crippen LogP contribution in [0.5, 0.6) is 0 Å². The van der Waals surface area contributed by atoms with Gasteiger partial charge in [0.25, 0.3) is 5.91 Å². The molecule has 0 aliphatic carbocycles. The Labute approximate surface area is 123 Å². The monoisotopic (exact) mass is 277 g/mol. The van der Waals surface area contributed by atoms with E-state index in [1.54, 1.807) is 12.4 Å². The largest absolute Gasteiger partial charge is 0.364 e. The first-order chi connectivity index (χ1) is 10.2. The molecule has 1 aliphatic rings. The molecule has 0 saturated carbocycles. The molecule has 3 rings (SSSR count). The Bertz CT molecular complexity index is 776. The van der Waals surface area contributed by atoms with Crippen molar-refractivity contribution in [2.45, 2.75) is 13.3 Å². The Hall–Kier alpha value is -2.75. The van der Waals surface area contributed by atoms with Crippen molar-refractivity contribution in [2.75, 3.05) is 0 Å². The van der Waals surface area contributed by atoms with E-state index >= 15 is 0 Å². The van der Waals surface area contributed by atoms with Gasteiger partial charge in [-0.1, -0.05) is 12.1 Å². The van der Waals surface area contributed by atoms with Gasteiger partial charge in [0.1, 0.15) is 5.69 Å². The summed E-state index contributed by atoms with van der Waals surface area (Å²) in [5.41, 5.74) is 10.8. The van der Waals surface area contributed by atoms with Crippen molar-refractivity contribution in [1.82, 2.24) is 4.98 Å². The van der Waals surface area contributed by atoms with Crippen molar-refractivity contribution in [3.63, 3.8) is 0 Å². The lowest BCUT2D eigenvalue weighted by atomic mass is 9.94. The van der Waals surface area contributed by atoms with Gasteiger partial charge in [0.2, 0.25) is 0 Å². The highest BCUT2D eigenvalue weighted by molar-refractivity contribution is 5.98. The molecule has 2 aromatic rings. The molecule has 0 spiro atoms. The Morgan fingerprint density at radius 3 is 2.95 bits per heavy atom. The fraction of sp³-hybridized carbons (Fsp3) is 0.118. The smallest absolute Gasteiger partial charge is 0.267 e. The first kappa shape index (κ1) is 13.2. The number of aromatic nitrogens is 1. The summed E-state index contributed by atoms with van der Waals surface area (Å²) in [4.78, 5) is 19.9. The van der Waals surface area contributed by atoms with Gasteiger partial charge in [0, 0.05) is 30.6 Å². The van der Waals surface area contributed by atoms with Crippen molar-refractivity contribution in [2.24, 2.45) is 10.7 Å². The van der Waals surface area contributed by atoms with E-state index in [1.807, 2.05) is 31.3 Å². The zero-order valence-electron chi connectivity index (χ0n) is 11.7. The van der Waals surface area contributed by atoms with Crippen LogP contribution in [0.1, 0.15) is 27.2 Å². The first-order valence-electron chi connectivity index (χ1n) is 6.73. The summed E-state index contributed by atoms with van der Waals surface area (Å²) in [5.74, 6) is -0.512. The van der Waals surface area contributed by atoms with Gasteiger partial charge in [-0.15, -0.1) is 0 Å². The third kappa shape index (κ3) is 2.48. The number of benzene rings is 1. The maximum absolute atomic E-state index is 11.6. The molecule has 104 valence electrons. The molecule has 0 saturated heterocycles. The molecule has 4 heteroatoms. The van der Waals surface area contributed by atoms with Crippen molar-refractivity contribution in [3.05, 3.63) is 59.0 Å². The average molecular weight is 277 g/mol. The second-order valence-corrected chi connectivity index (χ2v) is 4.98. The first-order valence-corrected chi connectivity index (χ1v) is 6.73. The molecule has 0 bridgehead atoms. The van der Waals surface area contributed by atoms with Crippen LogP contribution in [0.15, 0.2) is 41.7 Å². The fourth-order valence-corrected chi connectivity index (χ4v) is 2.54. The second-order valence-electron chi connectivity index (χ2n) is 4.98. The summed E-state index contributed by atoms with van der Waals surface area (Å²) in [6, 6.07) is 8.00. The van der Waals surface area contributed by atoms with Gasteiger partial charge in [-0.25, -0.2) is 0 Å². The number of nitrogens with two attached hydrogens (primary N) is 1. The number of aliphatic imine (C=N–C) groups is 1. The maximum atomic E-state index is 11.6. The van der Waals surface area contributed by atoms with E-state index in [2.05, 4.69) is 22.1 Å². The summed E-state index contributed by atoms with van der Waals surface area (Å²) in [6.07, 6.45) is 8.04. The molecule has 4 nitrogen and oxygen atoms in total. The molecule has 1 aromatic carbocycles. The molecule has 0 unspecified atom stereocenters. The normalized spacial score (nSPS) is 12.8. The number of aryl methyl sites for hydroxylation is 1. The number of carbonyl (C=O) groups excluding carboxylic acids is 1. The van der Waals surface area contributed by atoms with Crippen LogP contribution < -0.4 is 5.73 Å². The van der Waals surface area contributed by atoms with E-state index in [1.165, 1.54) is 5.56 Å². The molecule has 21 heavy (non-hydrogen) atoms. The van der Waals surface area contributed by atoms with Gasteiger partial charge in [-0.2, -0.15) is 0 Å². The van der Waals surface area contributed by atoms with E-state index in [4.69, 9.17) is 5.73 Å². The Morgan fingerprint density at radius 2 is 2.14 bits per heavy atom. The molecule has 1 aromatic heterocycles. The zero-order chi connectivity index (χ0) is 14.8. The van der Waals surface area contributed by atoms with Crippen LogP contribution in [-0.4, -0.2) is 17.1 Å². The van der Waals surface area contributed by atoms with Gasteiger partial charge in [0.05, 0.1) is 0 Å². The number of amides is 1. The van der Waals surface area contributed by atoms with Crippen LogP contribution in [0.25, 0.3) is 17.2 Å². The second kappa shape index (κ2) is 5.32. The van der Waals surface area contributed by atoms with Crippen LogP contribution >= 0.6 is 0 Å². The van der Waals surface area contributed by atoms with E-state index in [-0.39, 0.29) is 0 Å². The molecule has 0 fully saturated rings. The summed E-state index contributed by atoms with van der Waals surface area (Å²) >= 11 is 0. The number of hydrogen-bond donors (Lipinski definition) is 1. The van der Waals surface area contributed by atoms with Crippen molar-refractivity contribution >= 4 is 18.2 Å². The third-order valence-corrected chi connectivity index (χ3v) is 3.58. The third-order valence-electron chi connectivity index (χ3n) is 3.58. The standard InChI is InChI=1S/C17H15N3O/c1-11-4-9-20-16(17(18)21)15(11)14-3-2-12-5-7-19-8-6-13(12)10-14/h2-4,6-10H,5H2,1H3,(H2,18,21). The number of hydrogen-bond acceptors (Lipinski definition) is 3. The molecule has 1 aliphatic heterocycles. The molecule has 0 radical (unpaired) electrons. The van der Waals surface area contributed by atoms with Crippen LogP contribution in [0.3, 0.4) is 0 Å². The lowest BCUT2D eigenvalue weighted by Gasteiger charge is -2.12. The van der Waals surface area contributed by atoms with E-state index < -0.39 is 5.91 Å². The number of carbonyl (C=O) groups is 1. The predicted molar refractivity (Wildman–Crippen MR) is 84.2 cm³/mol. The SMILES string of the molecule is Cc1ccnc(C(N)=O)c1-c1ccc2c(c1)C=CN=CC2. The number of fused-ring (bicyclic) bond motifs is 1. The topological polar surface area (TPSA) is 68.3 Å². The van der Waals surface area contributed by atoms with Crippen molar-refractivity contribution < 1.29 is 4.79 Å². The number of nitrogens with zero attached hydrogens (tertiary/aromatic N) is 2. The highest BCUT2D eigenvalue weighted by atomic mass is 16.1. The summed E-state index contributed by atoms with van der Waals surface area (Å²) in [5, 5.41) is 0. The van der Waals surface area contributed by atoms with Crippen LogP contribution in [0.2, 0.25) is 0 Å². The number of pyridine rings is 1. The highest BCUT2D eigenvalue weighted by Crippen LogP contribution is 2.29. The molecule has 0 atom stereocenters. The Balaban J connectivity index is 2.19. The van der Waals surface area contributed by atoms with E-state index in [0.717, 1.165) is 28.7 Å². The predicted octanol–water partition coefficient (Wildman–Crippen LogP) is 2.75. The fourth-order valence-electron chi connectivity index (χ4n) is 2.54. The average Bonchev–Trinajstić information content (AvgIpc) is 2.71. The maximum Gasteiger partial charge on any atom is 0.267 e. The minimum atomic E-state index is -0.512. The molecule has 2 heterocycles. The van der Waals surface area contributed by atoms with Gasteiger partial charge in [-0.3, -0.25) is 14.8 Å². The minimum Gasteiger partial charge on any atom is -0.364 e. The Morgan fingerprint density at radius 1 is 1.29 bits per heavy atom. The van der Waals surface area contributed by atoms with Gasteiger partial charge in [0.15, 0.2) is 0 Å². The van der Waals surface area contributed by atoms with E-state index in [0.29, 0.717) is 5.69 Å². The number of rotatable bonds is 2. The summed E-state index contributed by atoms with van der Waals surface area (Å²) < 4.78 is 0. The molecular weight excluding hydrogens is 262 g/mol. The lowest BCUT2D eigenvalue weighted by Crippen LogP contribution is -2.15. The van der Waals surface area contributed by atoms with E-state index in [9.17, 15) is 4.79 Å². The van der Waals surface area contributed by atoms with Crippen LogP contribution in [0, 0.1) is 6.92 Å². The minimum absolute atomic E-state index is 0.309. The van der Waals surface area contributed by atoms with Crippen molar-refractivity contribution in [3.8, 4) is 11.1 Å². The quantitative estimate of drug-likeness (QED) is 0.917. The number of primary amides is 1. The van der Waals surface area contributed by atoms with Gasteiger partial charge < -0.3 is 5.73 Å². The van der Waals surface area contributed by atoms with Crippen LogP contribution in [0.4, 0.5) is 0 Å². The molecule has 1 amide bonds. The Kier molecular flexibility index (Phi) is 3.36. The van der Waals surface area contributed by atoms with Gasteiger partial charge in [-0.05, 0) is 47.4 Å². The summed E-state index contributed by atoms with van der Waals surface area (Å²) in [6.45, 7) is 1.95.